The molecule has 0 radical (unpaired) electrons. The Labute approximate surface area is 133 Å². The van der Waals surface area contributed by atoms with E-state index in [0.29, 0.717) is 19.1 Å². The topological polar surface area (TPSA) is 68.6 Å². The van der Waals surface area contributed by atoms with Crippen LogP contribution in [0.5, 0.6) is 0 Å². The Morgan fingerprint density at radius 2 is 1.91 bits per heavy atom. The van der Waals surface area contributed by atoms with Crippen LogP contribution < -0.4 is 5.32 Å². The van der Waals surface area contributed by atoms with Gasteiger partial charge in [-0.2, -0.15) is 5.26 Å². The maximum atomic E-state index is 12.2. The van der Waals surface area contributed by atoms with E-state index >= 15 is 0 Å². The lowest BCUT2D eigenvalue weighted by Crippen LogP contribution is -2.48. The highest BCUT2D eigenvalue weighted by Crippen LogP contribution is 2.21. The molecule has 124 valence electrons. The summed E-state index contributed by atoms with van der Waals surface area (Å²) in [5.41, 5.74) is -0.501. The van der Waals surface area contributed by atoms with Crippen LogP contribution in [0, 0.1) is 17.2 Å². The minimum absolute atomic E-state index is 0.0472. The number of amides is 1. The van der Waals surface area contributed by atoms with E-state index in [9.17, 15) is 10.1 Å². The number of carbonyl (C=O) groups excluding carboxylic acids is 1. The fraction of sp³-hybridized carbons (Fsp3) is 0.875. The van der Waals surface area contributed by atoms with Crippen molar-refractivity contribution in [2.75, 3.05) is 33.2 Å². The Bertz CT molecular complexity index is 432. The second-order valence-electron chi connectivity index (χ2n) is 7.47. The summed E-state index contributed by atoms with van der Waals surface area (Å²) in [5, 5.41) is 13.0. The van der Waals surface area contributed by atoms with Gasteiger partial charge in [0.15, 0.2) is 0 Å². The number of hydrogen-bond acceptors (Lipinski definition) is 5. The van der Waals surface area contributed by atoms with Crippen LogP contribution in [0.1, 0.15) is 33.6 Å². The molecule has 0 aromatic rings. The van der Waals surface area contributed by atoms with Gasteiger partial charge in [0, 0.05) is 25.2 Å². The minimum Gasteiger partial charge on any atom is -0.444 e. The number of nitrogens with zero attached hydrogens (tertiary/aromatic N) is 3. The van der Waals surface area contributed by atoms with Gasteiger partial charge < -0.3 is 19.9 Å². The van der Waals surface area contributed by atoms with Crippen LogP contribution in [0.15, 0.2) is 0 Å². The van der Waals surface area contributed by atoms with Gasteiger partial charge in [-0.15, -0.1) is 0 Å². The molecule has 2 atom stereocenters. The highest BCUT2D eigenvalue weighted by Gasteiger charge is 2.38. The zero-order valence-corrected chi connectivity index (χ0v) is 14.1. The Kier molecular flexibility index (Phi) is 5.30. The second kappa shape index (κ2) is 6.84. The van der Waals surface area contributed by atoms with Gasteiger partial charge in [-0.1, -0.05) is 0 Å². The molecule has 2 rings (SSSR count). The summed E-state index contributed by atoms with van der Waals surface area (Å²) in [7, 11) is 2.13. The maximum Gasteiger partial charge on any atom is 0.410 e. The largest absolute Gasteiger partial charge is 0.444 e. The molecule has 0 aliphatic carbocycles. The molecule has 2 saturated heterocycles. The first-order valence-corrected chi connectivity index (χ1v) is 8.10. The summed E-state index contributed by atoms with van der Waals surface area (Å²) >= 11 is 0. The van der Waals surface area contributed by atoms with Crippen LogP contribution in [0.25, 0.3) is 0 Å². The summed E-state index contributed by atoms with van der Waals surface area (Å²) in [6.07, 6.45) is 1.87. The lowest BCUT2D eigenvalue weighted by atomic mass is 10.0. The molecular weight excluding hydrogens is 280 g/mol. The van der Waals surface area contributed by atoms with Crippen molar-refractivity contribution in [1.29, 1.82) is 5.26 Å². The Hall–Kier alpha value is -1.32. The van der Waals surface area contributed by atoms with E-state index in [4.69, 9.17) is 4.74 Å². The monoisotopic (exact) mass is 308 g/mol. The van der Waals surface area contributed by atoms with Crippen LogP contribution in [0.4, 0.5) is 4.79 Å². The first kappa shape index (κ1) is 17.0. The third-order valence-corrected chi connectivity index (χ3v) is 4.31. The average Bonchev–Trinajstić information content (AvgIpc) is 2.83. The van der Waals surface area contributed by atoms with E-state index in [0.717, 1.165) is 25.9 Å². The summed E-state index contributed by atoms with van der Waals surface area (Å²) in [5.74, 6) is -0.160. The molecule has 0 spiro atoms. The molecule has 1 N–H and O–H groups in total. The molecule has 2 heterocycles. The van der Waals surface area contributed by atoms with E-state index in [1.807, 2.05) is 20.8 Å². The van der Waals surface area contributed by atoms with Gasteiger partial charge in [-0.05, 0) is 53.8 Å². The smallest absolute Gasteiger partial charge is 0.410 e. The van der Waals surface area contributed by atoms with Crippen LogP contribution in [-0.2, 0) is 4.74 Å². The van der Waals surface area contributed by atoms with Crippen molar-refractivity contribution in [3.63, 3.8) is 0 Å². The van der Waals surface area contributed by atoms with Gasteiger partial charge in [0.2, 0.25) is 0 Å². The van der Waals surface area contributed by atoms with Crippen molar-refractivity contribution in [2.24, 2.45) is 5.92 Å². The molecule has 2 fully saturated rings. The third-order valence-electron chi connectivity index (χ3n) is 4.31. The molecule has 0 saturated carbocycles. The van der Waals surface area contributed by atoms with E-state index < -0.39 is 5.60 Å². The lowest BCUT2D eigenvalue weighted by molar-refractivity contribution is 0.0287. The molecule has 2 aliphatic rings. The fourth-order valence-electron chi connectivity index (χ4n) is 3.06. The van der Waals surface area contributed by atoms with Crippen LogP contribution in [-0.4, -0.2) is 66.8 Å². The lowest BCUT2D eigenvalue weighted by Gasteiger charge is -2.32. The number of nitriles is 1. The van der Waals surface area contributed by atoms with E-state index in [1.165, 1.54) is 0 Å². The predicted octanol–water partition coefficient (Wildman–Crippen LogP) is 1.43. The summed E-state index contributed by atoms with van der Waals surface area (Å²) in [4.78, 5) is 16.1. The Balaban J connectivity index is 1.89. The van der Waals surface area contributed by atoms with E-state index in [1.54, 1.807) is 4.90 Å². The van der Waals surface area contributed by atoms with Gasteiger partial charge in [0.1, 0.15) is 5.60 Å². The van der Waals surface area contributed by atoms with Crippen LogP contribution >= 0.6 is 0 Å². The number of carbonyl (C=O) groups is 1. The number of piperidine rings is 1. The number of ether oxygens (including phenoxy) is 1. The van der Waals surface area contributed by atoms with Gasteiger partial charge in [-0.3, -0.25) is 0 Å². The number of rotatable bonds is 2. The molecule has 2 aliphatic heterocycles. The molecule has 1 amide bonds. The SMILES string of the molecule is CN1CCC(NC2CN(C(=O)OC(C)(C)C)CC2C#N)CC1. The molecule has 22 heavy (non-hydrogen) atoms. The molecule has 6 nitrogen and oxygen atoms in total. The van der Waals surface area contributed by atoms with Crippen molar-refractivity contribution in [1.82, 2.24) is 15.1 Å². The molecule has 0 bridgehead atoms. The predicted molar refractivity (Wildman–Crippen MR) is 84.4 cm³/mol. The third kappa shape index (κ3) is 4.59. The number of likely N-dealkylation sites (tertiary alicyclic amines) is 2. The highest BCUT2D eigenvalue weighted by atomic mass is 16.6. The Morgan fingerprint density at radius 3 is 2.45 bits per heavy atom. The maximum absolute atomic E-state index is 12.2. The number of nitrogens with one attached hydrogen (secondary N) is 1. The molecular formula is C16H28N4O2. The summed E-state index contributed by atoms with van der Waals surface area (Å²) in [6.45, 7) is 8.75. The van der Waals surface area contributed by atoms with Crippen molar-refractivity contribution in [3.05, 3.63) is 0 Å². The fourth-order valence-corrected chi connectivity index (χ4v) is 3.06. The summed E-state index contributed by atoms with van der Waals surface area (Å²) < 4.78 is 5.41. The van der Waals surface area contributed by atoms with Crippen LogP contribution in [0.3, 0.4) is 0 Å². The van der Waals surface area contributed by atoms with Crippen molar-refractivity contribution in [3.8, 4) is 6.07 Å². The highest BCUT2D eigenvalue weighted by molar-refractivity contribution is 5.68. The summed E-state index contributed by atoms with van der Waals surface area (Å²) in [6, 6.07) is 2.83. The van der Waals surface area contributed by atoms with Crippen LogP contribution in [0.2, 0.25) is 0 Å². The standard InChI is InChI=1S/C16H28N4O2/c1-16(2,3)22-15(21)20-10-12(9-17)14(11-20)18-13-5-7-19(4)8-6-13/h12-14,18H,5-8,10-11H2,1-4H3. The van der Waals surface area contributed by atoms with Gasteiger partial charge in [0.25, 0.3) is 0 Å². The first-order chi connectivity index (χ1) is 10.3. The zero-order valence-electron chi connectivity index (χ0n) is 14.1. The van der Waals surface area contributed by atoms with Crippen molar-refractivity contribution in [2.45, 2.75) is 51.3 Å². The minimum atomic E-state index is -0.501. The van der Waals surface area contributed by atoms with Gasteiger partial charge in [-0.25, -0.2) is 4.79 Å². The van der Waals surface area contributed by atoms with E-state index in [-0.39, 0.29) is 18.1 Å². The molecule has 6 heteroatoms. The Morgan fingerprint density at radius 1 is 1.27 bits per heavy atom. The first-order valence-electron chi connectivity index (χ1n) is 8.10. The molecule has 2 unspecified atom stereocenters. The number of hydrogen-bond donors (Lipinski definition) is 1. The average molecular weight is 308 g/mol. The molecule has 0 aromatic heterocycles. The molecule has 0 aromatic carbocycles. The normalized spacial score (nSPS) is 27.7. The van der Waals surface area contributed by atoms with E-state index in [2.05, 4.69) is 23.3 Å². The second-order valence-corrected chi connectivity index (χ2v) is 7.47. The van der Waals surface area contributed by atoms with Gasteiger partial charge >= 0.3 is 6.09 Å². The van der Waals surface area contributed by atoms with Crippen molar-refractivity contribution < 1.29 is 9.53 Å². The van der Waals surface area contributed by atoms with Gasteiger partial charge in [0.05, 0.1) is 12.0 Å². The zero-order chi connectivity index (χ0) is 16.3. The quantitative estimate of drug-likeness (QED) is 0.836. The van der Waals surface area contributed by atoms with Crippen molar-refractivity contribution >= 4 is 6.09 Å².